The van der Waals surface area contributed by atoms with E-state index >= 15 is 0 Å². The van der Waals surface area contributed by atoms with E-state index in [-0.39, 0.29) is 35.9 Å². The van der Waals surface area contributed by atoms with Gasteiger partial charge in [0.1, 0.15) is 36.6 Å². The van der Waals surface area contributed by atoms with Gasteiger partial charge in [0, 0.05) is 11.9 Å². The molecule has 0 fully saturated rings. The number of aliphatic hydroxyl groups excluding tert-OH is 10. The number of hydrogen-bond acceptors (Lipinski definition) is 16. The molecule has 19 heteroatoms. The Morgan fingerprint density at radius 2 is 0.795 bits per heavy atom. The summed E-state index contributed by atoms with van der Waals surface area (Å²) in [7, 11) is 0. The van der Waals surface area contributed by atoms with Gasteiger partial charge in [-0.15, -0.1) is 0 Å². The van der Waals surface area contributed by atoms with Crippen LogP contribution in [0.3, 0.4) is 0 Å². The summed E-state index contributed by atoms with van der Waals surface area (Å²) in [5, 5.41) is 123. The van der Waals surface area contributed by atoms with Crippen molar-refractivity contribution in [1.29, 1.82) is 0 Å². The summed E-state index contributed by atoms with van der Waals surface area (Å²) < 4.78 is 0. The van der Waals surface area contributed by atoms with E-state index < -0.39 is 85.9 Å². The molecule has 12 N–H and O–H groups in total. The van der Waals surface area contributed by atoms with E-state index in [0.29, 0.717) is 12.8 Å². The molecule has 8 atom stereocenters. The number of carbonyl (C=O) groups excluding carboxylic acids is 2. The molecule has 0 amide bonds. The second-order valence-corrected chi connectivity index (χ2v) is 7.27. The van der Waals surface area contributed by atoms with Gasteiger partial charge in [-0.1, -0.05) is 26.7 Å². The average Bonchev–Trinajstić information content (AvgIpc) is 2.85. The summed E-state index contributed by atoms with van der Waals surface area (Å²) in [5.41, 5.74) is 0. The third-order valence-corrected chi connectivity index (χ3v) is 3.92. The van der Waals surface area contributed by atoms with Crippen LogP contribution in [0.25, 0.3) is 0 Å². The molecule has 0 bridgehead atoms. The topological polar surface area (TPSA) is 357 Å². The maximum atomic E-state index is 10.1. The van der Waals surface area contributed by atoms with Gasteiger partial charge in [-0.2, -0.15) is 0 Å². The Morgan fingerprint density at radius 3 is 0.897 bits per heavy atom. The van der Waals surface area contributed by atoms with Crippen LogP contribution in [-0.2, 0) is 19.2 Å². The summed E-state index contributed by atoms with van der Waals surface area (Å²) in [6, 6.07) is 0. The standard InChI is InChI=1S/2C6H12O7.2C4H8O2.Mg/c2*7-1-2(8)3(9)4(10)5(11)6(12)13;2*1-2-3-4(5)6;/h2*2-5,7-11H,1H2,(H,12,13);2*2-3H2,1H3,(H,5,6);/q;;;;+2/p-2/t2*2-,3-,4+,5-;;;/m11.../s1. The predicted octanol–water partition coefficient (Wildman–Crippen LogP) is -8.29. The molecule has 39 heavy (non-hydrogen) atoms. The van der Waals surface area contributed by atoms with Crippen LogP contribution in [-0.4, -0.2) is 170 Å². The Balaban J connectivity index is -0.000000139. The molecule has 0 aromatic carbocycles. The number of rotatable bonds is 14. The second kappa shape index (κ2) is 27.8. The van der Waals surface area contributed by atoms with E-state index in [4.69, 9.17) is 61.3 Å². The Morgan fingerprint density at radius 1 is 0.564 bits per heavy atom. The van der Waals surface area contributed by atoms with Crippen molar-refractivity contribution in [3.8, 4) is 0 Å². The first-order chi connectivity index (χ1) is 17.4. The maximum Gasteiger partial charge on any atom is 2.00 e. The van der Waals surface area contributed by atoms with E-state index in [9.17, 15) is 29.4 Å². The third-order valence-electron chi connectivity index (χ3n) is 3.92. The molecule has 0 saturated heterocycles. The zero-order valence-electron chi connectivity index (χ0n) is 21.4. The summed E-state index contributed by atoms with van der Waals surface area (Å²) in [4.78, 5) is 39.2. The molecule has 0 heterocycles. The fourth-order valence-corrected chi connectivity index (χ4v) is 1.75. The van der Waals surface area contributed by atoms with E-state index in [1.54, 1.807) is 13.8 Å². The number of carbonyl (C=O) groups is 4. The minimum atomic E-state index is -2.20. The molecule has 0 aromatic heterocycles. The van der Waals surface area contributed by atoms with Crippen LogP contribution < -0.4 is 10.2 Å². The second-order valence-electron chi connectivity index (χ2n) is 7.27. The van der Waals surface area contributed by atoms with Crippen LogP contribution in [0.15, 0.2) is 0 Å². The molecule has 0 rings (SSSR count). The van der Waals surface area contributed by atoms with Crippen LogP contribution in [0, 0.1) is 0 Å². The van der Waals surface area contributed by atoms with E-state index in [1.807, 2.05) is 0 Å². The predicted molar refractivity (Wildman–Crippen MR) is 123 cm³/mol. The smallest absolute Gasteiger partial charge is 0.550 e. The van der Waals surface area contributed by atoms with Gasteiger partial charge in [0.05, 0.1) is 13.2 Å². The summed E-state index contributed by atoms with van der Waals surface area (Å²) in [5.74, 6) is -5.37. The van der Waals surface area contributed by atoms with Crippen LogP contribution in [0.4, 0.5) is 0 Å². The van der Waals surface area contributed by atoms with Crippen LogP contribution in [0.2, 0.25) is 0 Å². The minimum Gasteiger partial charge on any atom is -0.550 e. The fourth-order valence-electron chi connectivity index (χ4n) is 1.75. The van der Waals surface area contributed by atoms with E-state index in [2.05, 4.69) is 0 Å². The quantitative estimate of drug-likeness (QED) is 0.0834. The van der Waals surface area contributed by atoms with Crippen LogP contribution in [0.1, 0.15) is 39.5 Å². The fraction of sp³-hybridized carbons (Fsp3) is 0.800. The molecular formula is C20H38MgO18. The molecular weight excluding hydrogens is 553 g/mol. The first-order valence-corrected chi connectivity index (χ1v) is 10.9. The van der Waals surface area contributed by atoms with Crippen LogP contribution >= 0.6 is 0 Å². The van der Waals surface area contributed by atoms with Gasteiger partial charge >= 0.3 is 35.0 Å². The molecule has 0 aliphatic carbocycles. The number of carboxylic acids is 4. The Bertz CT molecular complexity index is 596. The number of carboxylic acid groups (broad SMARTS) is 4. The molecule has 0 aromatic rings. The normalized spacial score (nSPS) is 16.1. The van der Waals surface area contributed by atoms with Gasteiger partial charge in [0.2, 0.25) is 0 Å². The molecule has 0 saturated carbocycles. The van der Waals surface area contributed by atoms with Gasteiger partial charge < -0.3 is 81.1 Å². The molecule has 0 aliphatic heterocycles. The van der Waals surface area contributed by atoms with E-state index in [1.165, 1.54) is 0 Å². The molecule has 0 aliphatic rings. The third kappa shape index (κ3) is 26.2. The number of hydrogen-bond donors (Lipinski definition) is 12. The van der Waals surface area contributed by atoms with Gasteiger partial charge in [0.15, 0.2) is 12.2 Å². The van der Waals surface area contributed by atoms with Gasteiger partial charge in [-0.3, -0.25) is 0 Å². The summed E-state index contributed by atoms with van der Waals surface area (Å²) in [6.07, 6.45) is -14.0. The maximum absolute atomic E-state index is 10.1. The zero-order valence-corrected chi connectivity index (χ0v) is 22.8. The first kappa shape index (κ1) is 47.1. The summed E-state index contributed by atoms with van der Waals surface area (Å²) in [6.45, 7) is 1.92. The number of aliphatic hydroxyl groups is 10. The van der Waals surface area contributed by atoms with Gasteiger partial charge in [-0.25, -0.2) is 9.59 Å². The Hall–Kier alpha value is -1.75. The van der Waals surface area contributed by atoms with E-state index in [0.717, 1.165) is 0 Å². The Kier molecular flexibility index (Phi) is 33.5. The van der Waals surface area contributed by atoms with Crippen molar-refractivity contribution in [2.24, 2.45) is 0 Å². The monoisotopic (exact) mass is 590 g/mol. The molecule has 0 unspecified atom stereocenters. The van der Waals surface area contributed by atoms with Crippen molar-refractivity contribution >= 4 is 46.9 Å². The molecule has 18 nitrogen and oxygen atoms in total. The minimum absolute atomic E-state index is 0. The van der Waals surface area contributed by atoms with Crippen molar-refractivity contribution in [3.05, 3.63) is 0 Å². The summed E-state index contributed by atoms with van der Waals surface area (Å²) >= 11 is 0. The average molecular weight is 591 g/mol. The van der Waals surface area contributed by atoms with Gasteiger partial charge in [-0.05, 0) is 12.8 Å². The zero-order chi connectivity index (χ0) is 31.2. The van der Waals surface area contributed by atoms with Crippen molar-refractivity contribution in [1.82, 2.24) is 0 Å². The van der Waals surface area contributed by atoms with Gasteiger partial charge in [0.25, 0.3) is 0 Å². The molecule has 0 spiro atoms. The number of aliphatic carboxylic acids is 4. The van der Waals surface area contributed by atoms with Crippen molar-refractivity contribution in [3.63, 3.8) is 0 Å². The molecule has 228 valence electrons. The van der Waals surface area contributed by atoms with Crippen LogP contribution in [0.5, 0.6) is 0 Å². The first-order valence-electron chi connectivity index (χ1n) is 10.9. The van der Waals surface area contributed by atoms with Crippen molar-refractivity contribution < 1.29 is 90.7 Å². The van der Waals surface area contributed by atoms with Crippen molar-refractivity contribution in [2.45, 2.75) is 88.4 Å². The largest absolute Gasteiger partial charge is 2.00 e. The van der Waals surface area contributed by atoms with Crippen molar-refractivity contribution in [2.75, 3.05) is 13.2 Å². The SMILES string of the molecule is CCCC(=O)[O-].CCCC(=O)[O-].O=C(O)[C@H](O)[C@@H](O)[C@H](O)[C@H](O)CO.O=C(O)[C@H](O)[C@@H](O)[C@H](O)[C@H](O)CO.[Mg+2]. The molecule has 0 radical (unpaired) electrons. The Labute approximate surface area is 239 Å².